The van der Waals surface area contributed by atoms with Gasteiger partial charge in [-0.25, -0.2) is 13.1 Å². The molecule has 4 heterocycles. The Kier molecular flexibility index (Phi) is 6.50. The van der Waals surface area contributed by atoms with Crippen LogP contribution in [0.1, 0.15) is 36.1 Å². The van der Waals surface area contributed by atoms with Crippen molar-refractivity contribution < 1.29 is 8.42 Å². The van der Waals surface area contributed by atoms with Crippen LogP contribution >= 0.6 is 0 Å². The summed E-state index contributed by atoms with van der Waals surface area (Å²) < 4.78 is 31.6. The maximum absolute atomic E-state index is 13.3. The van der Waals surface area contributed by atoms with Gasteiger partial charge in [-0.15, -0.1) is 5.10 Å². The van der Waals surface area contributed by atoms with Gasteiger partial charge >= 0.3 is 0 Å². The Morgan fingerprint density at radius 2 is 1.81 bits per heavy atom. The van der Waals surface area contributed by atoms with Crippen LogP contribution in [0.2, 0.25) is 0 Å². The molecule has 0 saturated carbocycles. The van der Waals surface area contributed by atoms with E-state index in [1.807, 2.05) is 16.9 Å². The summed E-state index contributed by atoms with van der Waals surface area (Å²) in [6.07, 6.45) is 5.87. The Bertz CT molecular complexity index is 1610. The second-order valence-corrected chi connectivity index (χ2v) is 11.6. The number of benzene rings is 1. The van der Waals surface area contributed by atoms with Gasteiger partial charge in [0, 0.05) is 56.9 Å². The first kappa shape index (κ1) is 25.3. The molecule has 1 fully saturated rings. The van der Waals surface area contributed by atoms with Crippen LogP contribution in [0, 0.1) is 13.8 Å². The van der Waals surface area contributed by atoms with E-state index in [4.69, 9.17) is 0 Å². The van der Waals surface area contributed by atoms with E-state index in [-0.39, 0.29) is 16.6 Å². The molecule has 0 N–H and O–H groups in total. The number of fused-ring (bicyclic) bond motifs is 1. The summed E-state index contributed by atoms with van der Waals surface area (Å²) in [7, 11) is -0.408. The molecule has 0 aliphatic carbocycles. The number of nitrogens with zero attached hydrogens (tertiary/aromatic N) is 8. The molecular weight excluding hydrogens is 492 g/mol. The zero-order chi connectivity index (χ0) is 26.5. The average Bonchev–Trinajstić information content (AvgIpc) is 3.48. The Morgan fingerprint density at radius 1 is 1.03 bits per heavy atom. The zero-order valence-corrected chi connectivity index (χ0v) is 22.6. The van der Waals surface area contributed by atoms with E-state index in [0.29, 0.717) is 25.2 Å². The van der Waals surface area contributed by atoms with Crippen LogP contribution < -0.4 is 5.56 Å². The van der Waals surface area contributed by atoms with Crippen LogP contribution in [0.3, 0.4) is 0 Å². The number of hydrogen-bond acceptors (Lipinski definition) is 7. The first-order chi connectivity index (χ1) is 17.6. The van der Waals surface area contributed by atoms with Gasteiger partial charge in [0.05, 0.1) is 23.6 Å². The van der Waals surface area contributed by atoms with Gasteiger partial charge in [-0.3, -0.25) is 9.69 Å². The Hall–Kier alpha value is -3.35. The van der Waals surface area contributed by atoms with Gasteiger partial charge in [0.25, 0.3) is 15.6 Å². The lowest BCUT2D eigenvalue weighted by Crippen LogP contribution is -2.50. The average molecular weight is 525 g/mol. The van der Waals surface area contributed by atoms with E-state index in [1.54, 1.807) is 31.8 Å². The predicted molar refractivity (Wildman–Crippen MR) is 140 cm³/mol. The van der Waals surface area contributed by atoms with E-state index in [0.717, 1.165) is 40.7 Å². The number of aryl methyl sites for hydroxylation is 4. The van der Waals surface area contributed by atoms with Crippen molar-refractivity contribution in [3.63, 3.8) is 0 Å². The first-order valence-corrected chi connectivity index (χ1v) is 13.8. The van der Waals surface area contributed by atoms with Crippen molar-refractivity contribution in [3.05, 3.63) is 63.8 Å². The predicted octanol–water partition coefficient (Wildman–Crippen LogP) is 1.93. The van der Waals surface area contributed by atoms with Crippen LogP contribution in [0.5, 0.6) is 0 Å². The highest BCUT2D eigenvalue weighted by Gasteiger charge is 2.36. The fraction of sp³-hybridized carbons (Fsp3) is 0.440. The van der Waals surface area contributed by atoms with Gasteiger partial charge in [-0.2, -0.15) is 19.3 Å². The van der Waals surface area contributed by atoms with E-state index in [9.17, 15) is 13.2 Å². The topological polar surface area (TPSA) is 111 Å². The third-order valence-corrected chi connectivity index (χ3v) is 8.78. The van der Waals surface area contributed by atoms with Gasteiger partial charge < -0.3 is 4.57 Å². The lowest BCUT2D eigenvalue weighted by molar-refractivity contribution is 0.118. The van der Waals surface area contributed by atoms with Crippen LogP contribution in [0.4, 0.5) is 0 Å². The van der Waals surface area contributed by atoms with Gasteiger partial charge in [0.2, 0.25) is 5.03 Å². The van der Waals surface area contributed by atoms with Crippen molar-refractivity contribution in [2.45, 2.75) is 38.3 Å². The Morgan fingerprint density at radius 3 is 2.49 bits per heavy atom. The fourth-order valence-corrected chi connectivity index (χ4v) is 6.50. The minimum absolute atomic E-state index is 0.0290. The third-order valence-electron chi connectivity index (χ3n) is 7.05. The van der Waals surface area contributed by atoms with Crippen LogP contribution in [0.25, 0.3) is 16.6 Å². The molecular formula is C25H32N8O3S. The van der Waals surface area contributed by atoms with Crippen LogP contribution in [-0.2, 0) is 24.1 Å². The maximum atomic E-state index is 13.3. The summed E-state index contributed by atoms with van der Waals surface area (Å²) in [5.74, 6) is 0. The molecule has 1 saturated heterocycles. The SMILES string of the molecule is CCCN1CCN(S(=O)(=O)c2cnn(C)n2)CC1c1cc2cnn(-c3cc(C)c(=O)n(C)c3)c2cc1C. The van der Waals surface area contributed by atoms with Crippen molar-refractivity contribution in [2.75, 3.05) is 26.2 Å². The number of rotatable bonds is 6. The molecule has 1 aliphatic rings. The fourth-order valence-electron chi connectivity index (χ4n) is 5.17. The van der Waals surface area contributed by atoms with Crippen molar-refractivity contribution in [3.8, 4) is 5.69 Å². The van der Waals surface area contributed by atoms with E-state index in [1.165, 1.54) is 15.3 Å². The molecule has 1 aromatic carbocycles. The van der Waals surface area contributed by atoms with E-state index >= 15 is 0 Å². The van der Waals surface area contributed by atoms with Crippen LogP contribution in [-0.4, -0.2) is 73.1 Å². The molecule has 196 valence electrons. The number of pyridine rings is 1. The largest absolute Gasteiger partial charge is 0.316 e. The number of piperazine rings is 1. The summed E-state index contributed by atoms with van der Waals surface area (Å²) >= 11 is 0. The quantitative estimate of drug-likeness (QED) is 0.379. The summed E-state index contributed by atoms with van der Waals surface area (Å²) in [5.41, 5.74) is 4.50. The lowest BCUT2D eigenvalue weighted by atomic mass is 9.96. The normalized spacial score (nSPS) is 17.6. The van der Waals surface area contributed by atoms with E-state index < -0.39 is 10.0 Å². The maximum Gasteiger partial charge on any atom is 0.264 e. The Balaban J connectivity index is 1.54. The molecule has 3 aromatic heterocycles. The molecule has 0 spiro atoms. The highest BCUT2D eigenvalue weighted by molar-refractivity contribution is 7.89. The lowest BCUT2D eigenvalue weighted by Gasteiger charge is -2.41. The molecule has 0 radical (unpaired) electrons. The second kappa shape index (κ2) is 9.51. The number of aromatic nitrogens is 6. The Labute approximate surface area is 216 Å². The summed E-state index contributed by atoms with van der Waals surface area (Å²) in [6.45, 7) is 8.23. The summed E-state index contributed by atoms with van der Waals surface area (Å²) in [5, 5.41) is 13.5. The molecule has 5 rings (SSSR count). The van der Waals surface area contributed by atoms with Crippen molar-refractivity contribution in [2.24, 2.45) is 14.1 Å². The highest BCUT2D eigenvalue weighted by Crippen LogP contribution is 2.33. The molecule has 11 nitrogen and oxygen atoms in total. The monoisotopic (exact) mass is 524 g/mol. The first-order valence-electron chi connectivity index (χ1n) is 12.4. The molecule has 1 unspecified atom stereocenters. The van der Waals surface area contributed by atoms with Crippen LogP contribution in [0.15, 0.2) is 46.6 Å². The molecule has 1 atom stereocenters. The van der Waals surface area contributed by atoms with Crippen molar-refractivity contribution >= 4 is 20.9 Å². The van der Waals surface area contributed by atoms with Gasteiger partial charge in [0.15, 0.2) is 0 Å². The molecule has 37 heavy (non-hydrogen) atoms. The van der Waals surface area contributed by atoms with Gasteiger partial charge in [-0.1, -0.05) is 6.92 Å². The van der Waals surface area contributed by atoms with Gasteiger partial charge in [0.1, 0.15) is 0 Å². The minimum atomic E-state index is -3.75. The van der Waals surface area contributed by atoms with E-state index in [2.05, 4.69) is 46.2 Å². The summed E-state index contributed by atoms with van der Waals surface area (Å²) in [4.78, 5) is 15.8. The molecule has 12 heteroatoms. The standard InChI is InChI=1S/C25H32N8O3S/c1-6-7-31-8-9-32(37(35,36)24-14-26-30(5)28-24)16-23(31)21-12-19-13-27-33(22(19)11-17(21)2)20-10-18(3)25(34)29(4)15-20/h10-15,23H,6-9,16H2,1-5H3. The minimum Gasteiger partial charge on any atom is -0.316 e. The smallest absolute Gasteiger partial charge is 0.264 e. The molecule has 0 amide bonds. The zero-order valence-electron chi connectivity index (χ0n) is 21.8. The molecule has 0 bridgehead atoms. The van der Waals surface area contributed by atoms with Crippen molar-refractivity contribution in [1.82, 2.24) is 38.5 Å². The highest BCUT2D eigenvalue weighted by atomic mass is 32.2. The number of sulfonamides is 1. The van der Waals surface area contributed by atoms with Gasteiger partial charge in [-0.05, 0) is 56.1 Å². The third kappa shape index (κ3) is 4.49. The van der Waals surface area contributed by atoms with Crippen molar-refractivity contribution in [1.29, 1.82) is 0 Å². The molecule has 1 aliphatic heterocycles. The number of hydrogen-bond donors (Lipinski definition) is 0. The summed E-state index contributed by atoms with van der Waals surface area (Å²) in [6, 6.07) is 5.96. The second-order valence-electron chi connectivity index (χ2n) is 9.71. The molecule has 4 aromatic rings.